The van der Waals surface area contributed by atoms with Gasteiger partial charge in [0.15, 0.2) is 5.96 Å². The lowest BCUT2D eigenvalue weighted by molar-refractivity contribution is -0.122. The maximum atomic E-state index is 12.2. The highest BCUT2D eigenvalue weighted by Crippen LogP contribution is 2.27. The second-order valence-corrected chi connectivity index (χ2v) is 8.27. The van der Waals surface area contributed by atoms with Crippen LogP contribution in [0.5, 0.6) is 0 Å². The Kier molecular flexibility index (Phi) is 8.35. The number of nitrogens with one attached hydrogen (secondary N) is 3. The number of piperidine rings is 1. The topological polar surface area (TPSA) is 68.8 Å². The average Bonchev–Trinajstić information content (AvgIpc) is 2.67. The highest BCUT2D eigenvalue weighted by molar-refractivity contribution is 5.93. The molecule has 0 atom stereocenters. The van der Waals surface area contributed by atoms with Crippen molar-refractivity contribution in [1.82, 2.24) is 15.5 Å². The van der Waals surface area contributed by atoms with Crippen LogP contribution < -0.4 is 16.0 Å². The first-order valence-corrected chi connectivity index (χ1v) is 11.3. The van der Waals surface area contributed by atoms with Gasteiger partial charge in [-0.25, -0.2) is 4.99 Å². The number of rotatable bonds is 8. The number of hydrogen-bond acceptors (Lipinski definition) is 3. The molecule has 0 aromatic heterocycles. The van der Waals surface area contributed by atoms with Crippen LogP contribution >= 0.6 is 0 Å². The van der Waals surface area contributed by atoms with Gasteiger partial charge in [0.2, 0.25) is 5.91 Å². The van der Waals surface area contributed by atoms with Crippen molar-refractivity contribution in [2.24, 2.45) is 10.9 Å². The molecule has 1 aliphatic heterocycles. The molecule has 1 amide bonds. The summed E-state index contributed by atoms with van der Waals surface area (Å²) in [4.78, 5) is 19.5. The Hall–Kier alpha value is -2.08. The van der Waals surface area contributed by atoms with Crippen molar-refractivity contribution in [3.05, 3.63) is 29.8 Å². The number of likely N-dealkylation sites (tertiary alicyclic amines) is 1. The third kappa shape index (κ3) is 6.74. The number of anilines is 1. The van der Waals surface area contributed by atoms with Gasteiger partial charge in [-0.05, 0) is 63.3 Å². The largest absolute Gasteiger partial charge is 0.357 e. The summed E-state index contributed by atoms with van der Waals surface area (Å²) in [6.45, 7) is 9.30. The molecule has 0 radical (unpaired) electrons. The zero-order chi connectivity index (χ0) is 20.5. The van der Waals surface area contributed by atoms with E-state index in [1.807, 2.05) is 18.2 Å². The molecule has 6 nitrogen and oxygen atoms in total. The molecule has 0 bridgehead atoms. The first kappa shape index (κ1) is 21.6. The van der Waals surface area contributed by atoms with Gasteiger partial charge in [0.25, 0.3) is 0 Å². The zero-order valence-electron chi connectivity index (χ0n) is 18.0. The fourth-order valence-electron chi connectivity index (χ4n) is 3.96. The van der Waals surface area contributed by atoms with Crippen LogP contribution in [0.4, 0.5) is 5.69 Å². The van der Waals surface area contributed by atoms with Crippen molar-refractivity contribution in [3.63, 3.8) is 0 Å². The SMILES string of the molecule is CCCN1CCC(NC(=NCc2cccc(NC(=O)C3CCC3)c2)NCC)CC1. The smallest absolute Gasteiger partial charge is 0.227 e. The first-order chi connectivity index (χ1) is 14.2. The van der Waals surface area contributed by atoms with E-state index in [2.05, 4.69) is 40.8 Å². The van der Waals surface area contributed by atoms with Crippen LogP contribution in [0.2, 0.25) is 0 Å². The fourth-order valence-corrected chi connectivity index (χ4v) is 3.96. The van der Waals surface area contributed by atoms with Gasteiger partial charge in [-0.1, -0.05) is 25.5 Å². The standard InChI is InChI=1S/C23H37N5O/c1-3-13-28-14-11-20(12-15-28)27-23(24-4-2)25-17-18-7-5-10-21(16-18)26-22(29)19-8-6-9-19/h5,7,10,16,19-20H,3-4,6,8-9,11-15,17H2,1-2H3,(H,26,29)(H2,24,25,27). The maximum Gasteiger partial charge on any atom is 0.227 e. The predicted octanol–water partition coefficient (Wildman–Crippen LogP) is 3.35. The fraction of sp³-hybridized carbons (Fsp3) is 0.652. The Morgan fingerprint density at radius 3 is 2.62 bits per heavy atom. The lowest BCUT2D eigenvalue weighted by Crippen LogP contribution is -2.48. The molecular weight excluding hydrogens is 362 g/mol. The van der Waals surface area contributed by atoms with Crippen LogP contribution in [-0.4, -0.2) is 49.0 Å². The summed E-state index contributed by atoms with van der Waals surface area (Å²) >= 11 is 0. The van der Waals surface area contributed by atoms with Crippen molar-refractivity contribution in [1.29, 1.82) is 0 Å². The molecule has 1 saturated heterocycles. The van der Waals surface area contributed by atoms with Crippen molar-refractivity contribution in [3.8, 4) is 0 Å². The predicted molar refractivity (Wildman–Crippen MR) is 120 cm³/mol. The first-order valence-electron chi connectivity index (χ1n) is 11.3. The molecule has 1 aromatic rings. The molecule has 6 heteroatoms. The van der Waals surface area contributed by atoms with Gasteiger partial charge >= 0.3 is 0 Å². The van der Waals surface area contributed by atoms with Gasteiger partial charge in [-0.3, -0.25) is 4.79 Å². The molecule has 2 aliphatic rings. The van der Waals surface area contributed by atoms with Gasteiger partial charge in [0, 0.05) is 37.3 Å². The second kappa shape index (κ2) is 11.2. The number of aliphatic imine (C=N–C) groups is 1. The summed E-state index contributed by atoms with van der Waals surface area (Å²) in [5, 5.41) is 10.0. The molecule has 3 rings (SSSR count). The Morgan fingerprint density at radius 1 is 1.17 bits per heavy atom. The molecule has 1 heterocycles. The summed E-state index contributed by atoms with van der Waals surface area (Å²) in [6.07, 6.45) is 6.75. The zero-order valence-corrected chi connectivity index (χ0v) is 18.0. The quantitative estimate of drug-likeness (QED) is 0.463. The van der Waals surface area contributed by atoms with Crippen LogP contribution in [0.15, 0.2) is 29.3 Å². The third-order valence-electron chi connectivity index (χ3n) is 5.90. The minimum Gasteiger partial charge on any atom is -0.357 e. The monoisotopic (exact) mass is 399 g/mol. The molecule has 160 valence electrons. The Balaban J connectivity index is 1.53. The lowest BCUT2D eigenvalue weighted by atomic mass is 9.85. The van der Waals surface area contributed by atoms with Gasteiger partial charge in [0.05, 0.1) is 6.54 Å². The van der Waals surface area contributed by atoms with Crippen LogP contribution in [-0.2, 0) is 11.3 Å². The highest BCUT2D eigenvalue weighted by atomic mass is 16.1. The van der Waals surface area contributed by atoms with Crippen molar-refractivity contribution in [2.75, 3.05) is 31.5 Å². The summed E-state index contributed by atoms with van der Waals surface area (Å²) in [5.41, 5.74) is 1.97. The number of carbonyl (C=O) groups is 1. The van der Waals surface area contributed by atoms with E-state index < -0.39 is 0 Å². The Bertz CT molecular complexity index is 678. The number of carbonyl (C=O) groups excluding carboxylic acids is 1. The summed E-state index contributed by atoms with van der Waals surface area (Å²) in [7, 11) is 0. The lowest BCUT2D eigenvalue weighted by Gasteiger charge is -2.32. The number of guanidine groups is 1. The average molecular weight is 400 g/mol. The molecule has 3 N–H and O–H groups in total. The van der Waals surface area contributed by atoms with Crippen molar-refractivity contribution in [2.45, 2.75) is 65.0 Å². The van der Waals surface area contributed by atoms with E-state index in [1.165, 1.54) is 19.4 Å². The number of nitrogens with zero attached hydrogens (tertiary/aromatic N) is 2. The van der Waals surface area contributed by atoms with E-state index in [4.69, 9.17) is 4.99 Å². The molecule has 0 unspecified atom stereocenters. The number of amides is 1. The molecule has 29 heavy (non-hydrogen) atoms. The molecule has 1 saturated carbocycles. The van der Waals surface area contributed by atoms with E-state index in [9.17, 15) is 4.79 Å². The Labute approximate surface area is 175 Å². The highest BCUT2D eigenvalue weighted by Gasteiger charge is 2.25. The molecule has 0 spiro atoms. The van der Waals surface area contributed by atoms with Crippen molar-refractivity contribution < 1.29 is 4.79 Å². The Morgan fingerprint density at radius 2 is 1.97 bits per heavy atom. The van der Waals surface area contributed by atoms with E-state index in [0.29, 0.717) is 12.6 Å². The van der Waals surface area contributed by atoms with Gasteiger partial charge in [-0.15, -0.1) is 0 Å². The normalized spacial score (nSPS) is 18.9. The van der Waals surface area contributed by atoms with E-state index in [0.717, 1.165) is 62.5 Å². The van der Waals surface area contributed by atoms with Gasteiger partial charge in [-0.2, -0.15) is 0 Å². The number of hydrogen-bond donors (Lipinski definition) is 3. The number of benzene rings is 1. The van der Waals surface area contributed by atoms with Crippen LogP contribution in [0.3, 0.4) is 0 Å². The summed E-state index contributed by atoms with van der Waals surface area (Å²) in [6, 6.07) is 8.53. The minimum absolute atomic E-state index is 0.154. The molecule has 1 aliphatic carbocycles. The van der Waals surface area contributed by atoms with E-state index >= 15 is 0 Å². The van der Waals surface area contributed by atoms with Crippen molar-refractivity contribution >= 4 is 17.6 Å². The van der Waals surface area contributed by atoms with Crippen LogP contribution in [0.1, 0.15) is 57.9 Å². The van der Waals surface area contributed by atoms with Crippen LogP contribution in [0.25, 0.3) is 0 Å². The van der Waals surface area contributed by atoms with E-state index in [-0.39, 0.29) is 11.8 Å². The van der Waals surface area contributed by atoms with E-state index in [1.54, 1.807) is 0 Å². The summed E-state index contributed by atoms with van der Waals surface area (Å²) < 4.78 is 0. The maximum absolute atomic E-state index is 12.2. The molecular formula is C23H37N5O. The van der Waals surface area contributed by atoms with Crippen LogP contribution in [0, 0.1) is 5.92 Å². The van der Waals surface area contributed by atoms with Gasteiger partial charge < -0.3 is 20.9 Å². The molecule has 1 aromatic carbocycles. The minimum atomic E-state index is 0.154. The molecule has 2 fully saturated rings. The second-order valence-electron chi connectivity index (χ2n) is 8.27. The summed E-state index contributed by atoms with van der Waals surface area (Å²) in [5.74, 6) is 1.23. The third-order valence-corrected chi connectivity index (χ3v) is 5.90. The van der Waals surface area contributed by atoms with Gasteiger partial charge in [0.1, 0.15) is 0 Å².